The first kappa shape index (κ1) is 22.0. The van der Waals surface area contributed by atoms with Crippen LogP contribution in [0.5, 0.6) is 0 Å². The van der Waals surface area contributed by atoms with Gasteiger partial charge in [0.05, 0.1) is 16.0 Å². The Morgan fingerprint density at radius 2 is 1.29 bits per heavy atom. The van der Waals surface area contributed by atoms with Crippen LogP contribution in [-0.4, -0.2) is 21.0 Å². The molecular weight excluding hydrogens is 541 g/mol. The lowest BCUT2D eigenvalue weighted by Gasteiger charge is -2.37. The van der Waals surface area contributed by atoms with E-state index in [0.29, 0.717) is 20.9 Å². The van der Waals surface area contributed by atoms with E-state index in [1.54, 1.807) is 6.07 Å². The third kappa shape index (κ3) is 3.40. The molecule has 0 fully saturated rings. The van der Waals surface area contributed by atoms with Crippen molar-refractivity contribution in [1.29, 1.82) is 0 Å². The van der Waals surface area contributed by atoms with Crippen LogP contribution in [0.25, 0.3) is 10.9 Å². The second-order valence-electron chi connectivity index (χ2n) is 7.81. The molecule has 4 aromatic carbocycles. The van der Waals surface area contributed by atoms with Crippen LogP contribution in [-0.2, 0) is 5.54 Å². The molecule has 1 heterocycles. The number of nitro groups is 1. The van der Waals surface area contributed by atoms with E-state index < -0.39 is 10.5 Å². The van der Waals surface area contributed by atoms with E-state index in [0.717, 1.165) is 16.7 Å². The quantitative estimate of drug-likeness (QED) is 0.0816. The molecule has 1 aromatic heterocycles. The Morgan fingerprint density at radius 1 is 0.824 bits per heavy atom. The summed E-state index contributed by atoms with van der Waals surface area (Å²) < 4.78 is 2.50. The standard InChI is InChI=1S/C27H18IN3O3/c28-26-23-16-19(18-32)24(31(33)34)17-25(23)30(29-26)27(20-10-4-1-5-11-20,21-12-6-2-7-13-21)22-14-8-3-9-15-22/h1-18H. The van der Waals surface area contributed by atoms with Crippen molar-refractivity contribution >= 4 is 45.5 Å². The number of fused-ring (bicyclic) bond motifs is 1. The molecule has 6 nitrogen and oxygen atoms in total. The van der Waals surface area contributed by atoms with Gasteiger partial charge < -0.3 is 0 Å². The number of hydrogen-bond donors (Lipinski definition) is 0. The maximum atomic E-state index is 11.8. The average molecular weight is 559 g/mol. The smallest absolute Gasteiger partial charge is 0.282 e. The van der Waals surface area contributed by atoms with E-state index in [-0.39, 0.29) is 11.3 Å². The Balaban J connectivity index is 2.00. The summed E-state index contributed by atoms with van der Waals surface area (Å²) in [5, 5.41) is 17.4. The molecule has 34 heavy (non-hydrogen) atoms. The molecule has 0 atom stereocenters. The van der Waals surface area contributed by atoms with Gasteiger partial charge in [0.15, 0.2) is 6.29 Å². The second kappa shape index (κ2) is 8.83. The number of aromatic nitrogens is 2. The molecule has 0 aliphatic rings. The van der Waals surface area contributed by atoms with Gasteiger partial charge in [-0.05, 0) is 45.3 Å². The number of hydrogen-bond acceptors (Lipinski definition) is 4. The van der Waals surface area contributed by atoms with Gasteiger partial charge in [0.1, 0.15) is 9.24 Å². The highest BCUT2D eigenvalue weighted by Crippen LogP contribution is 2.43. The van der Waals surface area contributed by atoms with Crippen molar-refractivity contribution in [2.45, 2.75) is 5.54 Å². The third-order valence-electron chi connectivity index (χ3n) is 6.00. The third-order valence-corrected chi connectivity index (χ3v) is 6.80. The first-order valence-corrected chi connectivity index (χ1v) is 11.6. The van der Waals surface area contributed by atoms with Crippen molar-refractivity contribution in [1.82, 2.24) is 9.78 Å². The van der Waals surface area contributed by atoms with Crippen LogP contribution in [0, 0.1) is 13.8 Å². The minimum absolute atomic E-state index is 0.0275. The van der Waals surface area contributed by atoms with Crippen LogP contribution in [0.2, 0.25) is 0 Å². The fourth-order valence-corrected chi connectivity index (χ4v) is 5.19. The van der Waals surface area contributed by atoms with Gasteiger partial charge in [0, 0.05) is 11.5 Å². The lowest BCUT2D eigenvalue weighted by Crippen LogP contribution is -2.38. The number of rotatable bonds is 6. The van der Waals surface area contributed by atoms with Crippen molar-refractivity contribution in [2.24, 2.45) is 0 Å². The van der Waals surface area contributed by atoms with Crippen LogP contribution in [0.3, 0.4) is 0 Å². The van der Waals surface area contributed by atoms with Crippen LogP contribution < -0.4 is 0 Å². The summed E-state index contributed by atoms with van der Waals surface area (Å²) in [6.45, 7) is 0. The predicted molar refractivity (Wildman–Crippen MR) is 139 cm³/mol. The van der Waals surface area contributed by atoms with Gasteiger partial charge >= 0.3 is 0 Å². The maximum Gasteiger partial charge on any atom is 0.282 e. The molecule has 0 spiro atoms. The molecule has 0 saturated heterocycles. The minimum Gasteiger partial charge on any atom is -0.298 e. The molecule has 0 aliphatic heterocycles. The summed E-state index contributed by atoms with van der Waals surface area (Å²) >= 11 is 2.12. The van der Waals surface area contributed by atoms with Crippen LogP contribution >= 0.6 is 22.6 Å². The number of carbonyl (C=O) groups is 1. The van der Waals surface area contributed by atoms with E-state index in [9.17, 15) is 14.9 Å². The number of nitro benzene ring substituents is 1. The first-order chi connectivity index (χ1) is 16.6. The maximum absolute atomic E-state index is 11.8. The molecule has 0 saturated carbocycles. The molecular formula is C27H18IN3O3. The first-order valence-electron chi connectivity index (χ1n) is 10.6. The Morgan fingerprint density at radius 3 is 1.71 bits per heavy atom. The van der Waals surface area contributed by atoms with E-state index in [4.69, 9.17) is 5.10 Å². The van der Waals surface area contributed by atoms with Crippen molar-refractivity contribution in [3.8, 4) is 0 Å². The van der Waals surface area contributed by atoms with Gasteiger partial charge in [-0.3, -0.25) is 14.9 Å². The van der Waals surface area contributed by atoms with E-state index in [1.807, 2.05) is 95.7 Å². The summed E-state index contributed by atoms with van der Waals surface area (Å²) in [5.74, 6) is 0. The number of carbonyl (C=O) groups excluding carboxylic acids is 1. The lowest BCUT2D eigenvalue weighted by molar-refractivity contribution is -0.384. The number of benzene rings is 4. The normalized spacial score (nSPS) is 11.4. The van der Waals surface area contributed by atoms with Gasteiger partial charge in [-0.2, -0.15) is 5.10 Å². The van der Waals surface area contributed by atoms with Crippen LogP contribution in [0.15, 0.2) is 103 Å². The molecule has 0 radical (unpaired) electrons. The van der Waals surface area contributed by atoms with Crippen LogP contribution in [0.1, 0.15) is 27.0 Å². The molecule has 0 bridgehead atoms. The van der Waals surface area contributed by atoms with Crippen LogP contribution in [0.4, 0.5) is 5.69 Å². The van der Waals surface area contributed by atoms with Gasteiger partial charge in [-0.1, -0.05) is 91.0 Å². The van der Waals surface area contributed by atoms with Crippen molar-refractivity contribution < 1.29 is 9.72 Å². The van der Waals surface area contributed by atoms with Gasteiger partial charge in [-0.25, -0.2) is 4.68 Å². The van der Waals surface area contributed by atoms with Gasteiger partial charge in [-0.15, -0.1) is 0 Å². The zero-order valence-corrected chi connectivity index (χ0v) is 20.0. The zero-order chi connectivity index (χ0) is 23.7. The highest BCUT2D eigenvalue weighted by atomic mass is 127. The van der Waals surface area contributed by atoms with E-state index in [1.165, 1.54) is 6.07 Å². The number of nitrogens with zero attached hydrogens (tertiary/aromatic N) is 3. The zero-order valence-electron chi connectivity index (χ0n) is 17.8. The molecule has 0 amide bonds. The van der Waals surface area contributed by atoms with Crippen molar-refractivity contribution in [3.05, 3.63) is 139 Å². The predicted octanol–water partition coefficient (Wildman–Crippen LogP) is 6.20. The average Bonchev–Trinajstić information content (AvgIpc) is 3.21. The van der Waals surface area contributed by atoms with Crippen molar-refractivity contribution in [3.63, 3.8) is 0 Å². The largest absolute Gasteiger partial charge is 0.298 e. The van der Waals surface area contributed by atoms with E-state index in [2.05, 4.69) is 22.6 Å². The molecule has 5 aromatic rings. The number of aldehydes is 1. The molecule has 7 heteroatoms. The Bertz CT molecular complexity index is 1400. The van der Waals surface area contributed by atoms with Crippen molar-refractivity contribution in [2.75, 3.05) is 0 Å². The summed E-state index contributed by atoms with van der Waals surface area (Å²) in [5.41, 5.74) is 2.30. The fraction of sp³-hybridized carbons (Fsp3) is 0.0370. The Kier molecular flexibility index (Phi) is 5.70. The van der Waals surface area contributed by atoms with Gasteiger partial charge in [0.2, 0.25) is 0 Å². The molecule has 5 rings (SSSR count). The molecule has 0 aliphatic carbocycles. The highest BCUT2D eigenvalue weighted by molar-refractivity contribution is 14.1. The molecule has 0 N–H and O–H groups in total. The topological polar surface area (TPSA) is 78.0 Å². The SMILES string of the molecule is O=Cc1cc2c(I)nn(C(c3ccccc3)(c3ccccc3)c3ccccc3)c2cc1[N+](=O)[O-]. The summed E-state index contributed by atoms with van der Waals surface area (Å²) in [7, 11) is 0. The highest BCUT2D eigenvalue weighted by Gasteiger charge is 2.41. The molecule has 0 unspecified atom stereocenters. The fourth-order valence-electron chi connectivity index (χ4n) is 4.54. The summed E-state index contributed by atoms with van der Waals surface area (Å²) in [6, 6.07) is 32.9. The Hall–Kier alpha value is -3.85. The van der Waals surface area contributed by atoms with Gasteiger partial charge in [0.25, 0.3) is 5.69 Å². The summed E-state index contributed by atoms with van der Waals surface area (Å²) in [4.78, 5) is 22.9. The monoisotopic (exact) mass is 559 g/mol. The lowest BCUT2D eigenvalue weighted by atomic mass is 9.77. The Labute approximate surface area is 209 Å². The second-order valence-corrected chi connectivity index (χ2v) is 8.84. The number of halogens is 1. The minimum atomic E-state index is -0.915. The summed E-state index contributed by atoms with van der Waals surface area (Å²) in [6.07, 6.45) is 0.518. The van der Waals surface area contributed by atoms with E-state index >= 15 is 0 Å². The molecule has 166 valence electrons.